The molecule has 0 aromatic carbocycles. The van der Waals surface area contributed by atoms with Crippen molar-refractivity contribution in [3.63, 3.8) is 0 Å². The fraction of sp³-hybridized carbons (Fsp3) is 0. The SMILES string of the molecule is O=[Te](O)O.[BaH2]. The topological polar surface area (TPSA) is 57.5 Å². The molecule has 0 aliphatic heterocycles. The first-order chi connectivity index (χ1) is 1.73. The Balaban J connectivity index is 0. The molecule has 0 unspecified atom stereocenters. The van der Waals surface area contributed by atoms with E-state index < -0.39 is 20.4 Å². The third-order valence-electron chi connectivity index (χ3n) is 0. The third-order valence-corrected chi connectivity index (χ3v) is 0. The molecule has 5 heavy (non-hydrogen) atoms. The normalized spacial score (nSPS) is 7.00. The van der Waals surface area contributed by atoms with Gasteiger partial charge in [-0.15, -0.1) is 0 Å². The second kappa shape index (κ2) is 6.08. The molecule has 5 heteroatoms. The van der Waals surface area contributed by atoms with Crippen LogP contribution in [0.2, 0.25) is 0 Å². The fourth-order valence-corrected chi connectivity index (χ4v) is 0. The van der Waals surface area contributed by atoms with Gasteiger partial charge in [-0.2, -0.15) is 0 Å². The molecular formula is H4BaO3Te. The van der Waals surface area contributed by atoms with Crippen LogP contribution in [0.25, 0.3) is 0 Å². The van der Waals surface area contributed by atoms with Crippen LogP contribution in [0.15, 0.2) is 0 Å². The van der Waals surface area contributed by atoms with Crippen molar-refractivity contribution in [3.05, 3.63) is 0 Å². The van der Waals surface area contributed by atoms with Gasteiger partial charge in [-0.05, 0) is 0 Å². The molecule has 0 saturated carbocycles. The van der Waals surface area contributed by atoms with E-state index in [1.807, 2.05) is 0 Å². The van der Waals surface area contributed by atoms with Gasteiger partial charge in [0.15, 0.2) is 0 Å². The minimum atomic E-state index is -3.61. The average molecular weight is 317 g/mol. The van der Waals surface area contributed by atoms with Gasteiger partial charge in [0.1, 0.15) is 0 Å². The Morgan fingerprint density at radius 3 is 1.40 bits per heavy atom. The van der Waals surface area contributed by atoms with Gasteiger partial charge in [0, 0.05) is 0 Å². The average Bonchev–Trinajstić information content (AvgIpc) is 0.811. The third kappa shape index (κ3) is 23.4. The molecule has 0 aliphatic carbocycles. The van der Waals surface area contributed by atoms with Crippen molar-refractivity contribution in [2.75, 3.05) is 0 Å². The van der Waals surface area contributed by atoms with E-state index in [9.17, 15) is 0 Å². The van der Waals surface area contributed by atoms with E-state index in [-0.39, 0.29) is 48.9 Å². The molecule has 0 fully saturated rings. The summed E-state index contributed by atoms with van der Waals surface area (Å²) in [7, 11) is 0. The molecule has 0 aliphatic rings. The first-order valence-electron chi connectivity index (χ1n) is 0.532. The second-order valence-electron chi connectivity index (χ2n) is 0.231. The Morgan fingerprint density at radius 1 is 1.40 bits per heavy atom. The summed E-state index contributed by atoms with van der Waals surface area (Å²) in [5.41, 5.74) is 0. The standard InChI is InChI=1S/Ba.H2O3Te.2H/c;1-4(2)3;;/h;(H2,1,2,3);;. The number of rotatable bonds is 0. The molecule has 3 nitrogen and oxygen atoms in total. The van der Waals surface area contributed by atoms with E-state index in [0.717, 1.165) is 0 Å². The molecule has 0 radical (unpaired) electrons. The molecule has 0 saturated heterocycles. The van der Waals surface area contributed by atoms with Crippen molar-refractivity contribution in [3.8, 4) is 0 Å². The van der Waals surface area contributed by atoms with E-state index in [4.69, 9.17) is 10.0 Å². The van der Waals surface area contributed by atoms with Crippen molar-refractivity contribution >= 4 is 69.2 Å². The summed E-state index contributed by atoms with van der Waals surface area (Å²) in [5.74, 6) is 0. The summed E-state index contributed by atoms with van der Waals surface area (Å²) in [4.78, 5) is 0. The molecular weight excluding hydrogens is 313 g/mol. The summed E-state index contributed by atoms with van der Waals surface area (Å²) in [6.45, 7) is 0. The predicted molar refractivity (Wildman–Crippen MR) is 19.4 cm³/mol. The van der Waals surface area contributed by atoms with Crippen molar-refractivity contribution < 1.29 is 10.0 Å². The maximum atomic E-state index is 8.81. The molecule has 0 bridgehead atoms. The quantitative estimate of drug-likeness (QED) is 0.485. The fourth-order valence-electron chi connectivity index (χ4n) is 0. The van der Waals surface area contributed by atoms with E-state index in [1.54, 1.807) is 0 Å². The first-order valence-corrected chi connectivity index (χ1v) is 3.57. The van der Waals surface area contributed by atoms with E-state index in [1.165, 1.54) is 0 Å². The monoisotopic (exact) mass is 320 g/mol. The van der Waals surface area contributed by atoms with E-state index >= 15 is 0 Å². The van der Waals surface area contributed by atoms with Gasteiger partial charge in [0.05, 0.1) is 0 Å². The van der Waals surface area contributed by atoms with Crippen LogP contribution in [0.5, 0.6) is 0 Å². The molecule has 0 atom stereocenters. The van der Waals surface area contributed by atoms with Crippen LogP contribution in [-0.4, -0.2) is 76.2 Å². The first kappa shape index (κ1) is 10.1. The van der Waals surface area contributed by atoms with Crippen LogP contribution >= 0.6 is 0 Å². The van der Waals surface area contributed by atoms with Crippen molar-refractivity contribution in [2.45, 2.75) is 0 Å². The zero-order chi connectivity index (χ0) is 3.58. The van der Waals surface area contributed by atoms with Crippen LogP contribution in [0, 0.1) is 0 Å². The van der Waals surface area contributed by atoms with Gasteiger partial charge < -0.3 is 0 Å². The zero-order valence-electron chi connectivity index (χ0n) is 1.71. The van der Waals surface area contributed by atoms with E-state index in [2.05, 4.69) is 0 Å². The minimum absolute atomic E-state index is 0. The van der Waals surface area contributed by atoms with Crippen LogP contribution in [0.3, 0.4) is 0 Å². The van der Waals surface area contributed by atoms with Gasteiger partial charge in [0.25, 0.3) is 0 Å². The van der Waals surface area contributed by atoms with Gasteiger partial charge in [0.2, 0.25) is 0 Å². The Labute approximate surface area is 77.5 Å². The van der Waals surface area contributed by atoms with Gasteiger partial charge in [-0.25, -0.2) is 0 Å². The molecule has 0 heterocycles. The molecule has 0 rings (SSSR count). The summed E-state index contributed by atoms with van der Waals surface area (Å²) in [6, 6.07) is 0. The van der Waals surface area contributed by atoms with Crippen molar-refractivity contribution in [1.29, 1.82) is 0 Å². The molecule has 2 N–H and O–H groups in total. The number of hydrogen-bond acceptors (Lipinski definition) is 1. The molecule has 0 spiro atoms. The Hall–Kier alpha value is 2.08. The predicted octanol–water partition coefficient (Wildman–Crippen LogP) is -2.53. The molecule has 0 aromatic heterocycles. The zero-order valence-corrected chi connectivity index (χ0v) is 4.04. The summed E-state index contributed by atoms with van der Waals surface area (Å²) < 4.78 is 23.3. The van der Waals surface area contributed by atoms with Crippen LogP contribution in [0.4, 0.5) is 0 Å². The summed E-state index contributed by atoms with van der Waals surface area (Å²) in [6.07, 6.45) is 0. The van der Waals surface area contributed by atoms with Gasteiger partial charge in [-0.3, -0.25) is 0 Å². The van der Waals surface area contributed by atoms with Gasteiger partial charge >= 0.3 is 79.3 Å². The maximum absolute atomic E-state index is 8.81. The second-order valence-corrected chi connectivity index (χ2v) is 1.55. The van der Waals surface area contributed by atoms with Crippen molar-refractivity contribution in [2.24, 2.45) is 0 Å². The molecule has 0 amide bonds. The number of hydrogen-bond donors (Lipinski definition) is 2. The van der Waals surface area contributed by atoms with Crippen molar-refractivity contribution in [1.82, 2.24) is 0 Å². The Morgan fingerprint density at radius 2 is 1.40 bits per heavy atom. The molecule has 30 valence electrons. The van der Waals surface area contributed by atoms with Crippen LogP contribution < -0.4 is 0 Å². The van der Waals surface area contributed by atoms with E-state index in [0.29, 0.717) is 0 Å². The summed E-state index contributed by atoms with van der Waals surface area (Å²) in [5, 5.41) is 0. The van der Waals surface area contributed by atoms with Crippen LogP contribution in [-0.2, 0) is 3.10 Å². The Bertz CT molecular complexity index is 29.9. The summed E-state index contributed by atoms with van der Waals surface area (Å²) >= 11 is -3.61. The molecule has 0 aromatic rings. The Kier molecular flexibility index (Phi) is 12.3. The van der Waals surface area contributed by atoms with Gasteiger partial charge in [-0.1, -0.05) is 0 Å². The van der Waals surface area contributed by atoms with Crippen LogP contribution in [0.1, 0.15) is 0 Å².